The number of thioether (sulfide) groups is 1. The summed E-state index contributed by atoms with van der Waals surface area (Å²) in [7, 11) is 0. The lowest BCUT2D eigenvalue weighted by Crippen LogP contribution is -2.13. The Balaban J connectivity index is 2.21. The second-order valence-corrected chi connectivity index (χ2v) is 5.24. The molecule has 0 aromatic heterocycles. The largest absolute Gasteiger partial charge is 0.493 e. The van der Waals surface area contributed by atoms with Gasteiger partial charge in [-0.05, 0) is 42.5 Å². The molecule has 4 nitrogen and oxygen atoms in total. The SMILES string of the molecule is CC(CN)CSCCOc1ccc(C(=O)O)cc1. The van der Waals surface area contributed by atoms with Gasteiger partial charge in [0.25, 0.3) is 0 Å². The predicted octanol–water partition coefficient (Wildman–Crippen LogP) is 2.09. The van der Waals surface area contributed by atoms with Gasteiger partial charge in [-0.3, -0.25) is 0 Å². The minimum atomic E-state index is -0.923. The molecule has 100 valence electrons. The number of carboxylic acids is 1. The highest BCUT2D eigenvalue weighted by atomic mass is 32.2. The van der Waals surface area contributed by atoms with Gasteiger partial charge in [0.1, 0.15) is 5.75 Å². The average molecular weight is 269 g/mol. The van der Waals surface area contributed by atoms with Crippen molar-refractivity contribution in [3.8, 4) is 5.75 Å². The van der Waals surface area contributed by atoms with Gasteiger partial charge < -0.3 is 15.6 Å². The van der Waals surface area contributed by atoms with Crippen molar-refractivity contribution < 1.29 is 14.6 Å². The van der Waals surface area contributed by atoms with Crippen molar-refractivity contribution in [2.75, 3.05) is 24.7 Å². The number of nitrogens with two attached hydrogens (primary N) is 1. The highest BCUT2D eigenvalue weighted by Crippen LogP contribution is 2.13. The third-order valence-electron chi connectivity index (χ3n) is 2.40. The minimum absolute atomic E-state index is 0.272. The zero-order valence-electron chi connectivity index (χ0n) is 10.5. The Bertz CT molecular complexity index is 367. The van der Waals surface area contributed by atoms with E-state index in [0.717, 1.165) is 11.5 Å². The molecule has 0 bridgehead atoms. The third kappa shape index (κ3) is 5.42. The molecule has 0 heterocycles. The van der Waals surface area contributed by atoms with E-state index in [-0.39, 0.29) is 5.56 Å². The van der Waals surface area contributed by atoms with E-state index in [1.54, 1.807) is 24.3 Å². The molecule has 0 amide bonds. The lowest BCUT2D eigenvalue weighted by atomic mass is 10.2. The van der Waals surface area contributed by atoms with Gasteiger partial charge in [0.15, 0.2) is 0 Å². The molecule has 1 rings (SSSR count). The van der Waals surface area contributed by atoms with Crippen LogP contribution in [0.3, 0.4) is 0 Å². The molecule has 1 atom stereocenters. The van der Waals surface area contributed by atoms with Crippen molar-refractivity contribution in [1.29, 1.82) is 0 Å². The fourth-order valence-electron chi connectivity index (χ4n) is 1.26. The van der Waals surface area contributed by atoms with E-state index in [1.807, 2.05) is 11.8 Å². The Morgan fingerprint density at radius 1 is 1.44 bits per heavy atom. The number of carbonyl (C=O) groups is 1. The van der Waals surface area contributed by atoms with Gasteiger partial charge in [-0.25, -0.2) is 4.79 Å². The second kappa shape index (κ2) is 8.00. The van der Waals surface area contributed by atoms with Crippen LogP contribution in [0.2, 0.25) is 0 Å². The summed E-state index contributed by atoms with van der Waals surface area (Å²) in [6, 6.07) is 6.44. The lowest BCUT2D eigenvalue weighted by Gasteiger charge is -2.09. The molecule has 3 N–H and O–H groups in total. The standard InChI is InChI=1S/C13H19NO3S/c1-10(8-14)9-18-7-6-17-12-4-2-11(3-5-12)13(15)16/h2-5,10H,6-9,14H2,1H3,(H,15,16). The van der Waals surface area contributed by atoms with Crippen LogP contribution in [0.4, 0.5) is 0 Å². The van der Waals surface area contributed by atoms with Crippen molar-refractivity contribution in [2.45, 2.75) is 6.92 Å². The van der Waals surface area contributed by atoms with Gasteiger partial charge in [0.2, 0.25) is 0 Å². The maximum absolute atomic E-state index is 10.6. The normalized spacial score (nSPS) is 12.1. The van der Waals surface area contributed by atoms with Crippen LogP contribution < -0.4 is 10.5 Å². The van der Waals surface area contributed by atoms with E-state index >= 15 is 0 Å². The summed E-state index contributed by atoms with van der Waals surface area (Å²) in [5.74, 6) is 2.26. The molecule has 0 spiro atoms. The van der Waals surface area contributed by atoms with E-state index in [9.17, 15) is 4.79 Å². The highest BCUT2D eigenvalue weighted by Gasteiger charge is 2.02. The Hall–Kier alpha value is -1.20. The molecule has 1 unspecified atom stereocenters. The van der Waals surface area contributed by atoms with E-state index in [1.165, 1.54) is 0 Å². The molecule has 1 aromatic rings. The lowest BCUT2D eigenvalue weighted by molar-refractivity contribution is 0.0697. The van der Waals surface area contributed by atoms with Gasteiger partial charge >= 0.3 is 5.97 Å². The van der Waals surface area contributed by atoms with Crippen molar-refractivity contribution in [3.05, 3.63) is 29.8 Å². The number of aromatic carboxylic acids is 1. The maximum Gasteiger partial charge on any atom is 0.335 e. The maximum atomic E-state index is 10.6. The van der Waals surface area contributed by atoms with E-state index < -0.39 is 5.97 Å². The number of hydrogen-bond donors (Lipinski definition) is 2. The predicted molar refractivity (Wildman–Crippen MR) is 74.4 cm³/mol. The smallest absolute Gasteiger partial charge is 0.335 e. The zero-order valence-corrected chi connectivity index (χ0v) is 11.3. The zero-order chi connectivity index (χ0) is 13.4. The van der Waals surface area contributed by atoms with Crippen LogP contribution in [0.15, 0.2) is 24.3 Å². The van der Waals surface area contributed by atoms with Crippen LogP contribution in [0.1, 0.15) is 17.3 Å². The Labute approximate surface area is 112 Å². The van der Waals surface area contributed by atoms with Crippen molar-refractivity contribution >= 4 is 17.7 Å². The number of rotatable bonds is 8. The van der Waals surface area contributed by atoms with Gasteiger partial charge in [0, 0.05) is 5.75 Å². The summed E-state index contributed by atoms with van der Waals surface area (Å²) in [6.07, 6.45) is 0. The number of carboxylic acid groups (broad SMARTS) is 1. The van der Waals surface area contributed by atoms with Gasteiger partial charge in [-0.15, -0.1) is 0 Å². The monoisotopic (exact) mass is 269 g/mol. The molecule has 0 fully saturated rings. The molecule has 1 aromatic carbocycles. The summed E-state index contributed by atoms with van der Waals surface area (Å²) < 4.78 is 5.51. The van der Waals surface area contributed by atoms with Crippen molar-refractivity contribution in [1.82, 2.24) is 0 Å². The molecule has 0 aliphatic rings. The topological polar surface area (TPSA) is 72.5 Å². The molecule has 18 heavy (non-hydrogen) atoms. The Morgan fingerprint density at radius 2 is 2.11 bits per heavy atom. The minimum Gasteiger partial charge on any atom is -0.493 e. The fraction of sp³-hybridized carbons (Fsp3) is 0.462. The molecule has 0 saturated carbocycles. The number of benzene rings is 1. The summed E-state index contributed by atoms with van der Waals surface area (Å²) in [5.41, 5.74) is 5.80. The molecule has 0 radical (unpaired) electrons. The first-order chi connectivity index (χ1) is 8.63. The molecule has 5 heteroatoms. The first kappa shape index (κ1) is 14.9. The summed E-state index contributed by atoms with van der Waals surface area (Å²) in [5, 5.41) is 8.74. The van der Waals surface area contributed by atoms with E-state index in [2.05, 4.69) is 6.92 Å². The molecule has 0 aliphatic carbocycles. The fourth-order valence-corrected chi connectivity index (χ4v) is 2.17. The molecular weight excluding hydrogens is 250 g/mol. The first-order valence-corrected chi connectivity index (χ1v) is 7.03. The van der Waals surface area contributed by atoms with Crippen LogP contribution in [0, 0.1) is 5.92 Å². The van der Waals surface area contributed by atoms with Crippen LogP contribution in [0.25, 0.3) is 0 Å². The van der Waals surface area contributed by atoms with E-state index in [0.29, 0.717) is 24.8 Å². The summed E-state index contributed by atoms with van der Waals surface area (Å²) >= 11 is 1.81. The quantitative estimate of drug-likeness (QED) is 0.707. The highest BCUT2D eigenvalue weighted by molar-refractivity contribution is 7.99. The second-order valence-electron chi connectivity index (χ2n) is 4.09. The third-order valence-corrected chi connectivity index (χ3v) is 3.66. The van der Waals surface area contributed by atoms with Crippen molar-refractivity contribution in [3.63, 3.8) is 0 Å². The van der Waals surface area contributed by atoms with Crippen LogP contribution in [-0.4, -0.2) is 35.7 Å². The van der Waals surface area contributed by atoms with Crippen LogP contribution in [-0.2, 0) is 0 Å². The van der Waals surface area contributed by atoms with Crippen LogP contribution >= 0.6 is 11.8 Å². The first-order valence-electron chi connectivity index (χ1n) is 5.87. The number of ether oxygens (including phenoxy) is 1. The van der Waals surface area contributed by atoms with Gasteiger partial charge in [-0.2, -0.15) is 11.8 Å². The van der Waals surface area contributed by atoms with Gasteiger partial charge in [-0.1, -0.05) is 6.92 Å². The van der Waals surface area contributed by atoms with Gasteiger partial charge in [0.05, 0.1) is 12.2 Å². The summed E-state index contributed by atoms with van der Waals surface area (Å²) in [6.45, 7) is 3.46. The van der Waals surface area contributed by atoms with Crippen molar-refractivity contribution in [2.24, 2.45) is 11.7 Å². The Kier molecular flexibility index (Phi) is 6.60. The molecule has 0 saturated heterocycles. The molecular formula is C13H19NO3S. The molecule has 0 aliphatic heterocycles. The Morgan fingerprint density at radius 3 is 2.67 bits per heavy atom. The van der Waals surface area contributed by atoms with E-state index in [4.69, 9.17) is 15.6 Å². The number of hydrogen-bond acceptors (Lipinski definition) is 4. The summed E-state index contributed by atoms with van der Waals surface area (Å²) in [4.78, 5) is 10.6. The van der Waals surface area contributed by atoms with Crippen LogP contribution in [0.5, 0.6) is 5.75 Å². The average Bonchev–Trinajstić information content (AvgIpc) is 2.38.